The summed E-state index contributed by atoms with van der Waals surface area (Å²) in [6, 6.07) is 17.1. The first kappa shape index (κ1) is 21.4. The van der Waals surface area contributed by atoms with E-state index in [1.165, 1.54) is 0 Å². The fraction of sp³-hybridized carbons (Fsp3) is 0.417. The van der Waals surface area contributed by atoms with Crippen molar-refractivity contribution in [2.75, 3.05) is 0 Å². The molecular weight excluding hydrogens is 384 g/mol. The largest absolute Gasteiger partial charge is 0.352 e. The molecule has 0 heterocycles. The summed E-state index contributed by atoms with van der Waals surface area (Å²) >= 11 is 6.24. The molecule has 2 amide bonds. The molecule has 29 heavy (non-hydrogen) atoms. The second kappa shape index (κ2) is 10.4. The molecule has 2 aromatic carbocycles. The molecular formula is C24H29ClN2O2. The first-order valence-electron chi connectivity index (χ1n) is 10.4. The summed E-state index contributed by atoms with van der Waals surface area (Å²) in [7, 11) is 0. The second-order valence-electron chi connectivity index (χ2n) is 7.76. The molecule has 0 aromatic heterocycles. The van der Waals surface area contributed by atoms with Crippen molar-refractivity contribution in [2.24, 2.45) is 0 Å². The number of hydrogen-bond donors (Lipinski definition) is 1. The van der Waals surface area contributed by atoms with Crippen LogP contribution in [-0.2, 0) is 22.6 Å². The number of carbonyl (C=O) groups is 2. The molecule has 1 N–H and O–H groups in total. The first-order chi connectivity index (χ1) is 14.0. The zero-order chi connectivity index (χ0) is 20.6. The van der Waals surface area contributed by atoms with Crippen LogP contribution in [0.25, 0.3) is 0 Å². The molecule has 154 valence electrons. The molecule has 4 nitrogen and oxygen atoms in total. The smallest absolute Gasteiger partial charge is 0.242 e. The van der Waals surface area contributed by atoms with Gasteiger partial charge < -0.3 is 10.2 Å². The van der Waals surface area contributed by atoms with E-state index in [1.807, 2.05) is 61.5 Å². The van der Waals surface area contributed by atoms with Crippen molar-refractivity contribution in [3.05, 3.63) is 70.7 Å². The van der Waals surface area contributed by atoms with Gasteiger partial charge in [-0.2, -0.15) is 0 Å². The molecule has 1 aliphatic rings. The van der Waals surface area contributed by atoms with Crippen LogP contribution in [0.1, 0.15) is 50.2 Å². The Hall–Kier alpha value is -2.33. The number of amides is 2. The highest BCUT2D eigenvalue weighted by Gasteiger charge is 2.28. The Labute approximate surface area is 178 Å². The molecule has 3 rings (SSSR count). The van der Waals surface area contributed by atoms with Crippen LogP contribution in [0, 0.1) is 0 Å². The van der Waals surface area contributed by atoms with Gasteiger partial charge in [-0.25, -0.2) is 0 Å². The third-order valence-electron chi connectivity index (χ3n) is 5.63. The summed E-state index contributed by atoms with van der Waals surface area (Å²) in [5.74, 6) is -0.109. The van der Waals surface area contributed by atoms with E-state index in [0.29, 0.717) is 24.4 Å². The number of halogens is 1. The predicted octanol–water partition coefficient (Wildman–Crippen LogP) is 4.75. The molecule has 0 saturated heterocycles. The third kappa shape index (κ3) is 6.07. The van der Waals surface area contributed by atoms with Gasteiger partial charge in [0.1, 0.15) is 6.04 Å². The molecule has 5 heteroatoms. The zero-order valence-corrected chi connectivity index (χ0v) is 17.7. The standard InChI is InChI=1S/C24H29ClN2O2/c1-18(24(29)26-21-12-6-7-13-21)27(17-19-9-3-2-4-10-19)23(28)16-15-20-11-5-8-14-22(20)25/h2-5,8-11,14,18,21H,6-7,12-13,15-17H2,1H3,(H,26,29). The van der Waals surface area contributed by atoms with Gasteiger partial charge in [0, 0.05) is 24.0 Å². The maximum atomic E-state index is 13.1. The molecule has 0 radical (unpaired) electrons. The fourth-order valence-corrected chi connectivity index (χ4v) is 4.07. The lowest BCUT2D eigenvalue weighted by molar-refractivity contribution is -0.140. The molecule has 0 aliphatic heterocycles. The number of hydrogen-bond acceptors (Lipinski definition) is 2. The van der Waals surface area contributed by atoms with E-state index in [2.05, 4.69) is 5.32 Å². The number of carbonyl (C=O) groups excluding carboxylic acids is 2. The number of aryl methyl sites for hydroxylation is 1. The number of nitrogens with zero attached hydrogens (tertiary/aromatic N) is 1. The molecule has 0 bridgehead atoms. The van der Waals surface area contributed by atoms with Crippen molar-refractivity contribution in [3.8, 4) is 0 Å². The van der Waals surface area contributed by atoms with Crippen molar-refractivity contribution in [3.63, 3.8) is 0 Å². The lowest BCUT2D eigenvalue weighted by Crippen LogP contribution is -2.49. The summed E-state index contributed by atoms with van der Waals surface area (Å²) in [5, 5.41) is 3.80. The lowest BCUT2D eigenvalue weighted by Gasteiger charge is -2.30. The summed E-state index contributed by atoms with van der Waals surface area (Å²) in [6.07, 6.45) is 5.24. The van der Waals surface area contributed by atoms with Gasteiger partial charge in [-0.05, 0) is 43.4 Å². The van der Waals surface area contributed by atoms with Crippen LogP contribution in [0.15, 0.2) is 54.6 Å². The number of rotatable bonds is 8. The van der Waals surface area contributed by atoms with E-state index < -0.39 is 6.04 Å². The summed E-state index contributed by atoms with van der Waals surface area (Å²) < 4.78 is 0. The van der Waals surface area contributed by atoms with Gasteiger partial charge in [0.25, 0.3) is 0 Å². The van der Waals surface area contributed by atoms with E-state index in [1.54, 1.807) is 4.90 Å². The molecule has 0 spiro atoms. The van der Waals surface area contributed by atoms with Crippen molar-refractivity contribution >= 4 is 23.4 Å². The minimum atomic E-state index is -0.519. The highest BCUT2D eigenvalue weighted by molar-refractivity contribution is 6.31. The fourth-order valence-electron chi connectivity index (χ4n) is 3.84. The van der Waals surface area contributed by atoms with Crippen molar-refractivity contribution in [1.29, 1.82) is 0 Å². The minimum Gasteiger partial charge on any atom is -0.352 e. The summed E-state index contributed by atoms with van der Waals surface area (Å²) in [5.41, 5.74) is 1.96. The van der Waals surface area contributed by atoms with Crippen molar-refractivity contribution in [2.45, 2.75) is 64.1 Å². The summed E-state index contributed by atoms with van der Waals surface area (Å²) in [6.45, 7) is 2.24. The Morgan fingerprint density at radius 3 is 2.41 bits per heavy atom. The van der Waals surface area contributed by atoms with Gasteiger partial charge >= 0.3 is 0 Å². The Morgan fingerprint density at radius 2 is 1.72 bits per heavy atom. The van der Waals surface area contributed by atoms with Crippen molar-refractivity contribution in [1.82, 2.24) is 10.2 Å². The lowest BCUT2D eigenvalue weighted by atomic mass is 10.1. The third-order valence-corrected chi connectivity index (χ3v) is 6.00. The van der Waals surface area contributed by atoms with Gasteiger partial charge in [-0.3, -0.25) is 9.59 Å². The Bertz CT molecular complexity index is 819. The van der Waals surface area contributed by atoms with Crippen molar-refractivity contribution < 1.29 is 9.59 Å². The SMILES string of the molecule is CC(C(=O)NC1CCCC1)N(Cc1ccccc1)C(=O)CCc1ccccc1Cl. The van der Waals surface area contributed by atoms with Crippen LogP contribution in [0.5, 0.6) is 0 Å². The van der Waals surface area contributed by atoms with Crippen LogP contribution in [0.2, 0.25) is 5.02 Å². The number of benzene rings is 2. The highest BCUT2D eigenvalue weighted by atomic mass is 35.5. The van der Waals surface area contributed by atoms with Crippen LogP contribution < -0.4 is 5.32 Å². The van der Waals surface area contributed by atoms with E-state index in [4.69, 9.17) is 11.6 Å². The molecule has 1 saturated carbocycles. The second-order valence-corrected chi connectivity index (χ2v) is 8.17. The molecule has 2 aromatic rings. The van der Waals surface area contributed by atoms with Gasteiger partial charge in [0.2, 0.25) is 11.8 Å². The monoisotopic (exact) mass is 412 g/mol. The van der Waals surface area contributed by atoms with E-state index in [-0.39, 0.29) is 17.9 Å². The van der Waals surface area contributed by atoms with Crippen LogP contribution in [-0.4, -0.2) is 28.8 Å². The maximum Gasteiger partial charge on any atom is 0.242 e. The highest BCUT2D eigenvalue weighted by Crippen LogP contribution is 2.20. The zero-order valence-electron chi connectivity index (χ0n) is 16.9. The molecule has 1 unspecified atom stereocenters. The minimum absolute atomic E-state index is 0.0390. The average molecular weight is 413 g/mol. The van der Waals surface area contributed by atoms with Gasteiger partial charge in [-0.1, -0.05) is 73.0 Å². The van der Waals surface area contributed by atoms with Gasteiger partial charge in [-0.15, -0.1) is 0 Å². The Balaban J connectivity index is 1.69. The average Bonchev–Trinajstić information content (AvgIpc) is 3.24. The van der Waals surface area contributed by atoms with Crippen LogP contribution in [0.4, 0.5) is 0 Å². The van der Waals surface area contributed by atoms with E-state index >= 15 is 0 Å². The van der Waals surface area contributed by atoms with Crippen LogP contribution >= 0.6 is 11.6 Å². The van der Waals surface area contributed by atoms with Crippen LogP contribution in [0.3, 0.4) is 0 Å². The normalized spacial score (nSPS) is 15.1. The van der Waals surface area contributed by atoms with Gasteiger partial charge in [0.15, 0.2) is 0 Å². The molecule has 1 aliphatic carbocycles. The Kier molecular flexibility index (Phi) is 7.70. The van der Waals surface area contributed by atoms with Gasteiger partial charge in [0.05, 0.1) is 0 Å². The Morgan fingerprint density at radius 1 is 1.07 bits per heavy atom. The quantitative estimate of drug-likeness (QED) is 0.680. The summed E-state index contributed by atoms with van der Waals surface area (Å²) in [4.78, 5) is 27.6. The number of nitrogens with one attached hydrogen (secondary N) is 1. The van der Waals surface area contributed by atoms with E-state index in [9.17, 15) is 9.59 Å². The topological polar surface area (TPSA) is 49.4 Å². The first-order valence-corrected chi connectivity index (χ1v) is 10.8. The molecule has 1 fully saturated rings. The molecule has 1 atom stereocenters. The predicted molar refractivity (Wildman–Crippen MR) is 117 cm³/mol. The van der Waals surface area contributed by atoms with E-state index in [0.717, 1.165) is 36.8 Å². The maximum absolute atomic E-state index is 13.1.